The minimum absolute atomic E-state index is 0.0502. The third kappa shape index (κ3) is 20.3. The number of hydrogen-bond acceptors (Lipinski definition) is 6. The maximum absolute atomic E-state index is 11.6. The fourth-order valence-corrected chi connectivity index (χ4v) is 3.54. The Bertz CT molecular complexity index is 468. The van der Waals surface area contributed by atoms with Gasteiger partial charge in [0.2, 0.25) is 0 Å². The molecule has 7 nitrogen and oxygen atoms in total. The Balaban J connectivity index is 3.50. The fraction of sp³-hybridized carbons (Fsp3) is 0.857. The van der Waals surface area contributed by atoms with Crippen LogP contribution in [0.3, 0.4) is 0 Å². The van der Waals surface area contributed by atoms with Crippen molar-refractivity contribution in [2.45, 2.75) is 103 Å². The summed E-state index contributed by atoms with van der Waals surface area (Å²) < 4.78 is 20.3. The van der Waals surface area contributed by atoms with E-state index in [0.717, 1.165) is 32.1 Å². The molecule has 0 aromatic rings. The molecular weight excluding hydrogens is 395 g/mol. The summed E-state index contributed by atoms with van der Waals surface area (Å²) in [4.78, 5) is 20.9. The topological polar surface area (TPSA) is 113 Å². The molecule has 0 saturated heterocycles. The molecule has 0 aliphatic heterocycles. The normalized spacial score (nSPS) is 14.8. The summed E-state index contributed by atoms with van der Waals surface area (Å²) in [5, 5.41) is 17.7. The van der Waals surface area contributed by atoms with E-state index >= 15 is 0 Å². The van der Waals surface area contributed by atoms with Gasteiger partial charge in [-0.1, -0.05) is 70.4 Å². The molecule has 0 bridgehead atoms. The molecular formula is C21H41O7P. The third-order valence-corrected chi connectivity index (χ3v) is 5.41. The van der Waals surface area contributed by atoms with Gasteiger partial charge < -0.3 is 14.7 Å². The Kier molecular flexibility index (Phi) is 18.8. The number of aliphatic hydroxyl groups is 2. The molecule has 0 saturated carbocycles. The van der Waals surface area contributed by atoms with E-state index in [4.69, 9.17) is 10.2 Å². The van der Waals surface area contributed by atoms with E-state index in [2.05, 4.69) is 28.1 Å². The second-order valence-corrected chi connectivity index (χ2v) is 8.78. The van der Waals surface area contributed by atoms with Crippen molar-refractivity contribution in [3.63, 3.8) is 0 Å². The van der Waals surface area contributed by atoms with E-state index in [1.54, 1.807) is 0 Å². The van der Waals surface area contributed by atoms with Crippen LogP contribution in [0.5, 0.6) is 0 Å². The minimum atomic E-state index is -4.53. The van der Waals surface area contributed by atoms with E-state index in [1.807, 2.05) is 0 Å². The number of aliphatic hydroxyl groups excluding tert-OH is 2. The maximum atomic E-state index is 11.6. The van der Waals surface area contributed by atoms with Crippen LogP contribution < -0.4 is 0 Å². The molecule has 2 unspecified atom stereocenters. The van der Waals surface area contributed by atoms with Crippen molar-refractivity contribution in [1.82, 2.24) is 0 Å². The standard InChI is InChI=1S/C21H41O7P/c1-2-3-4-5-6-7-8-9-10-11-12-13-14-15-16-17-21(24)28-29(25,26)27-19-20(23)18-22/h9-10,20,22-23H,2-8,11-19H2,1H3,(H,25,26)/b10-9-. The number of phosphoric ester groups is 1. The number of phosphoric acid groups is 1. The highest BCUT2D eigenvalue weighted by molar-refractivity contribution is 7.48. The summed E-state index contributed by atoms with van der Waals surface area (Å²) in [5.74, 6) is -0.799. The van der Waals surface area contributed by atoms with Crippen molar-refractivity contribution in [2.24, 2.45) is 0 Å². The highest BCUT2D eigenvalue weighted by Gasteiger charge is 2.26. The molecule has 0 fully saturated rings. The Labute approximate surface area is 176 Å². The Morgan fingerprint density at radius 2 is 1.45 bits per heavy atom. The molecule has 0 amide bonds. The first-order chi connectivity index (χ1) is 13.9. The second-order valence-electron chi connectivity index (χ2n) is 7.40. The zero-order valence-corrected chi connectivity index (χ0v) is 18.9. The molecule has 3 N–H and O–H groups in total. The third-order valence-electron chi connectivity index (χ3n) is 4.50. The molecule has 0 heterocycles. The minimum Gasteiger partial charge on any atom is -0.394 e. The van der Waals surface area contributed by atoms with E-state index < -0.39 is 33.1 Å². The first kappa shape index (κ1) is 28.3. The van der Waals surface area contributed by atoms with E-state index in [-0.39, 0.29) is 6.42 Å². The van der Waals surface area contributed by atoms with Crippen LogP contribution in [0.2, 0.25) is 0 Å². The van der Waals surface area contributed by atoms with Crippen molar-refractivity contribution < 1.29 is 33.5 Å². The Morgan fingerprint density at radius 1 is 0.931 bits per heavy atom. The average Bonchev–Trinajstić information content (AvgIpc) is 2.68. The molecule has 8 heteroatoms. The zero-order valence-electron chi connectivity index (χ0n) is 18.0. The van der Waals surface area contributed by atoms with Crippen molar-refractivity contribution >= 4 is 13.8 Å². The first-order valence-electron chi connectivity index (χ1n) is 11.0. The van der Waals surface area contributed by atoms with Crippen molar-refractivity contribution in [3.05, 3.63) is 12.2 Å². The van der Waals surface area contributed by atoms with Crippen molar-refractivity contribution in [2.75, 3.05) is 13.2 Å². The van der Waals surface area contributed by atoms with E-state index in [0.29, 0.717) is 6.42 Å². The summed E-state index contributed by atoms with van der Waals surface area (Å²) in [7, 11) is -4.53. The fourth-order valence-electron chi connectivity index (χ4n) is 2.77. The number of allylic oxidation sites excluding steroid dienone is 2. The van der Waals surface area contributed by atoms with Gasteiger partial charge in [0.05, 0.1) is 13.2 Å². The molecule has 0 spiro atoms. The summed E-state index contributed by atoms with van der Waals surface area (Å²) in [6, 6.07) is 0. The number of unbranched alkanes of at least 4 members (excludes halogenated alkanes) is 11. The van der Waals surface area contributed by atoms with Crippen LogP contribution in [0.1, 0.15) is 96.8 Å². The highest BCUT2D eigenvalue weighted by Crippen LogP contribution is 2.43. The van der Waals surface area contributed by atoms with Gasteiger partial charge in [0.1, 0.15) is 6.10 Å². The van der Waals surface area contributed by atoms with Gasteiger partial charge in [0.15, 0.2) is 0 Å². The molecule has 0 radical (unpaired) electrons. The predicted octanol–water partition coefficient (Wildman–Crippen LogP) is 5.04. The Hall–Kier alpha value is -0.720. The van der Waals surface area contributed by atoms with Gasteiger partial charge in [-0.25, -0.2) is 4.57 Å². The molecule has 2 atom stereocenters. The highest BCUT2D eigenvalue weighted by atomic mass is 31.2. The molecule has 0 rings (SSSR count). The van der Waals surface area contributed by atoms with E-state index in [1.165, 1.54) is 44.9 Å². The van der Waals surface area contributed by atoms with Crippen LogP contribution >= 0.6 is 7.82 Å². The van der Waals surface area contributed by atoms with Crippen LogP contribution in [0.4, 0.5) is 0 Å². The molecule has 0 aliphatic carbocycles. The number of carbonyl (C=O) groups excluding carboxylic acids is 1. The molecule has 172 valence electrons. The molecule has 0 aromatic carbocycles. The van der Waals surface area contributed by atoms with Gasteiger partial charge in [-0.15, -0.1) is 0 Å². The average molecular weight is 437 g/mol. The summed E-state index contributed by atoms with van der Waals surface area (Å²) in [6.45, 7) is 1.05. The second kappa shape index (κ2) is 19.3. The lowest BCUT2D eigenvalue weighted by atomic mass is 10.1. The van der Waals surface area contributed by atoms with Crippen LogP contribution in [-0.2, 0) is 18.4 Å². The van der Waals surface area contributed by atoms with Gasteiger partial charge in [0, 0.05) is 6.42 Å². The zero-order chi connectivity index (χ0) is 21.8. The lowest BCUT2D eigenvalue weighted by Gasteiger charge is -2.13. The lowest BCUT2D eigenvalue weighted by molar-refractivity contribution is -0.136. The number of carbonyl (C=O) groups is 1. The number of rotatable bonds is 20. The summed E-state index contributed by atoms with van der Waals surface area (Å²) in [6.07, 6.45) is 18.2. The predicted molar refractivity (Wildman–Crippen MR) is 114 cm³/mol. The summed E-state index contributed by atoms with van der Waals surface area (Å²) >= 11 is 0. The smallest absolute Gasteiger partial charge is 0.394 e. The quantitative estimate of drug-likeness (QED) is 0.139. The van der Waals surface area contributed by atoms with Crippen molar-refractivity contribution in [1.29, 1.82) is 0 Å². The van der Waals surface area contributed by atoms with Gasteiger partial charge in [0.25, 0.3) is 0 Å². The van der Waals surface area contributed by atoms with Gasteiger partial charge in [-0.2, -0.15) is 0 Å². The van der Waals surface area contributed by atoms with Crippen LogP contribution in [0.15, 0.2) is 12.2 Å². The van der Waals surface area contributed by atoms with Gasteiger partial charge >= 0.3 is 13.8 Å². The lowest BCUT2D eigenvalue weighted by Crippen LogP contribution is -2.19. The SMILES string of the molecule is CCCCCCCC/C=C\CCCCCCCC(=O)OP(=O)(O)OCC(O)CO. The molecule has 29 heavy (non-hydrogen) atoms. The van der Waals surface area contributed by atoms with Gasteiger partial charge in [-0.3, -0.25) is 14.2 Å². The number of hydrogen-bond donors (Lipinski definition) is 3. The van der Waals surface area contributed by atoms with Crippen LogP contribution in [0.25, 0.3) is 0 Å². The van der Waals surface area contributed by atoms with Gasteiger partial charge in [-0.05, 0) is 32.1 Å². The maximum Gasteiger partial charge on any atom is 0.529 e. The largest absolute Gasteiger partial charge is 0.529 e. The van der Waals surface area contributed by atoms with Crippen LogP contribution in [-0.4, -0.2) is 40.4 Å². The monoisotopic (exact) mass is 436 g/mol. The van der Waals surface area contributed by atoms with Crippen molar-refractivity contribution in [3.8, 4) is 0 Å². The van der Waals surface area contributed by atoms with Crippen LogP contribution in [0, 0.1) is 0 Å². The molecule has 0 aliphatic rings. The molecule has 0 aromatic heterocycles. The summed E-state index contributed by atoms with van der Waals surface area (Å²) in [5.41, 5.74) is 0. The Morgan fingerprint density at radius 3 is 2.00 bits per heavy atom. The first-order valence-corrected chi connectivity index (χ1v) is 12.5. The van der Waals surface area contributed by atoms with E-state index in [9.17, 15) is 14.3 Å².